The number of alkyl halides is 2. The van der Waals surface area contributed by atoms with E-state index in [1.807, 2.05) is 0 Å². The van der Waals surface area contributed by atoms with Gasteiger partial charge in [0.1, 0.15) is 5.69 Å². The molecule has 3 aromatic rings. The molecule has 28 heavy (non-hydrogen) atoms. The van der Waals surface area contributed by atoms with E-state index < -0.39 is 12.3 Å². The fraction of sp³-hybridized carbons (Fsp3) is 0.0556. The van der Waals surface area contributed by atoms with Crippen LogP contribution in [0.1, 0.15) is 22.5 Å². The fourth-order valence-corrected chi connectivity index (χ4v) is 2.40. The lowest BCUT2D eigenvalue weighted by Crippen LogP contribution is -2.35. The molecule has 0 saturated heterocycles. The van der Waals surface area contributed by atoms with Crippen LogP contribution in [0.2, 0.25) is 10.0 Å². The number of nitrogens with one attached hydrogen (secondary N) is 3. The first-order valence-corrected chi connectivity index (χ1v) is 8.68. The highest BCUT2D eigenvalue weighted by Gasteiger charge is 2.13. The Morgan fingerprint density at radius 1 is 1.04 bits per heavy atom. The van der Waals surface area contributed by atoms with Crippen molar-refractivity contribution in [1.29, 1.82) is 0 Å². The van der Waals surface area contributed by atoms with E-state index >= 15 is 0 Å². The van der Waals surface area contributed by atoms with Crippen LogP contribution in [0.4, 0.5) is 20.3 Å². The number of rotatable bonds is 4. The van der Waals surface area contributed by atoms with Crippen molar-refractivity contribution in [2.24, 2.45) is 4.99 Å². The van der Waals surface area contributed by atoms with Gasteiger partial charge in [-0.25, -0.2) is 8.78 Å². The molecule has 10 heteroatoms. The number of benzene rings is 2. The first-order chi connectivity index (χ1) is 13.4. The number of aromatic amines is 1. The third-order valence-corrected chi connectivity index (χ3v) is 3.99. The lowest BCUT2D eigenvalue weighted by Gasteiger charge is -2.11. The number of aromatic nitrogens is 2. The van der Waals surface area contributed by atoms with Crippen LogP contribution in [0.5, 0.6) is 0 Å². The van der Waals surface area contributed by atoms with Crippen molar-refractivity contribution >= 4 is 46.6 Å². The Morgan fingerprint density at radius 3 is 2.21 bits per heavy atom. The minimum absolute atomic E-state index is 0.00501. The van der Waals surface area contributed by atoms with Crippen LogP contribution >= 0.6 is 23.2 Å². The molecule has 0 aliphatic rings. The molecule has 0 aliphatic carbocycles. The molecule has 0 unspecified atom stereocenters. The Morgan fingerprint density at radius 2 is 1.64 bits per heavy atom. The maximum atomic E-state index is 12.7. The zero-order valence-electron chi connectivity index (χ0n) is 14.1. The van der Waals surface area contributed by atoms with Crippen molar-refractivity contribution < 1.29 is 13.6 Å². The molecule has 3 rings (SSSR count). The highest BCUT2D eigenvalue weighted by molar-refractivity contribution is 6.31. The van der Waals surface area contributed by atoms with Crippen molar-refractivity contribution in [3.05, 3.63) is 75.9 Å². The summed E-state index contributed by atoms with van der Waals surface area (Å²) in [7, 11) is 0. The van der Waals surface area contributed by atoms with E-state index in [1.165, 1.54) is 0 Å². The van der Waals surface area contributed by atoms with Crippen molar-refractivity contribution in [1.82, 2.24) is 15.5 Å². The average molecular weight is 424 g/mol. The minimum Gasteiger partial charge on any atom is -0.326 e. The predicted molar refractivity (Wildman–Crippen MR) is 105 cm³/mol. The number of H-pyrrole nitrogens is 1. The summed E-state index contributed by atoms with van der Waals surface area (Å²) in [4.78, 5) is 16.6. The highest BCUT2D eigenvalue weighted by atomic mass is 35.5. The van der Waals surface area contributed by atoms with Crippen LogP contribution in [0.15, 0.2) is 59.6 Å². The summed E-state index contributed by atoms with van der Waals surface area (Å²) in [6, 6.07) is 13.9. The van der Waals surface area contributed by atoms with Gasteiger partial charge in [-0.2, -0.15) is 10.1 Å². The molecule has 1 amide bonds. The van der Waals surface area contributed by atoms with E-state index in [2.05, 4.69) is 25.8 Å². The molecule has 0 spiro atoms. The number of halogens is 4. The standard InChI is InChI=1S/C18H13Cl2F2N5O/c19-11-3-1-10(2-4-11)17(28)25-18(23-13-7-5-12(20)6-8-13)24-15-9-14(16(21)22)26-27-15/h1-9,16H,(H3,23,24,25,26,27,28). The van der Waals surface area contributed by atoms with E-state index in [4.69, 9.17) is 23.2 Å². The largest absolute Gasteiger partial charge is 0.326 e. The summed E-state index contributed by atoms with van der Waals surface area (Å²) in [5.41, 5.74) is 0.531. The van der Waals surface area contributed by atoms with Gasteiger partial charge in [0.15, 0.2) is 5.82 Å². The lowest BCUT2D eigenvalue weighted by molar-refractivity contribution is 0.0977. The molecule has 0 atom stereocenters. The van der Waals surface area contributed by atoms with Crippen LogP contribution in [0.25, 0.3) is 0 Å². The third kappa shape index (κ3) is 5.28. The second-order valence-electron chi connectivity index (χ2n) is 5.54. The van der Waals surface area contributed by atoms with E-state index in [0.717, 1.165) is 6.07 Å². The minimum atomic E-state index is -2.72. The molecule has 0 bridgehead atoms. The van der Waals surface area contributed by atoms with Gasteiger partial charge in [0.2, 0.25) is 5.96 Å². The summed E-state index contributed by atoms with van der Waals surface area (Å²) in [6.45, 7) is 0. The Hall–Kier alpha value is -2.97. The summed E-state index contributed by atoms with van der Waals surface area (Å²) in [6.07, 6.45) is -2.72. The molecule has 0 fully saturated rings. The zero-order valence-corrected chi connectivity index (χ0v) is 15.6. The number of guanidine groups is 1. The maximum Gasteiger partial charge on any atom is 0.279 e. The Labute approximate surface area is 168 Å². The van der Waals surface area contributed by atoms with Crippen molar-refractivity contribution in [2.45, 2.75) is 6.43 Å². The van der Waals surface area contributed by atoms with E-state index in [0.29, 0.717) is 21.3 Å². The number of aliphatic imine (C=N–C) groups is 1. The van der Waals surface area contributed by atoms with Crippen molar-refractivity contribution in [2.75, 3.05) is 5.32 Å². The molecule has 0 aliphatic heterocycles. The SMILES string of the molecule is O=C(NC(=Nc1cc(C(F)F)[nH]n1)Nc1ccc(Cl)cc1)c1ccc(Cl)cc1. The van der Waals surface area contributed by atoms with Crippen molar-refractivity contribution in [3.63, 3.8) is 0 Å². The average Bonchev–Trinajstić information content (AvgIpc) is 3.13. The van der Waals surface area contributed by atoms with Crippen LogP contribution in [-0.2, 0) is 0 Å². The zero-order chi connectivity index (χ0) is 20.1. The van der Waals surface area contributed by atoms with E-state index in [-0.39, 0.29) is 17.5 Å². The van der Waals surface area contributed by atoms with Crippen LogP contribution < -0.4 is 10.6 Å². The summed E-state index contributed by atoms with van der Waals surface area (Å²) in [5, 5.41) is 12.4. The lowest BCUT2D eigenvalue weighted by atomic mass is 10.2. The molecule has 0 saturated carbocycles. The number of hydrogen-bond donors (Lipinski definition) is 3. The van der Waals surface area contributed by atoms with Gasteiger partial charge in [0.05, 0.1) is 0 Å². The molecule has 144 valence electrons. The second kappa shape index (κ2) is 8.81. The van der Waals surface area contributed by atoms with Gasteiger partial charge >= 0.3 is 0 Å². The molecule has 2 aromatic carbocycles. The van der Waals surface area contributed by atoms with E-state index in [1.54, 1.807) is 48.5 Å². The van der Waals surface area contributed by atoms with Gasteiger partial charge in [-0.1, -0.05) is 23.2 Å². The van der Waals surface area contributed by atoms with Gasteiger partial charge in [0, 0.05) is 27.4 Å². The summed E-state index contributed by atoms with van der Waals surface area (Å²) >= 11 is 11.7. The number of nitrogens with zero attached hydrogens (tertiary/aromatic N) is 2. The Balaban J connectivity index is 1.86. The summed E-state index contributed by atoms with van der Waals surface area (Å²) in [5.74, 6) is -0.501. The van der Waals surface area contributed by atoms with Crippen LogP contribution in [-0.4, -0.2) is 22.1 Å². The fourth-order valence-electron chi connectivity index (χ4n) is 2.15. The third-order valence-electron chi connectivity index (χ3n) is 3.49. The quantitative estimate of drug-likeness (QED) is 0.399. The van der Waals surface area contributed by atoms with Gasteiger partial charge < -0.3 is 5.32 Å². The molecule has 1 heterocycles. The number of carbonyl (C=O) groups is 1. The molecule has 1 aromatic heterocycles. The van der Waals surface area contributed by atoms with Gasteiger partial charge in [0.25, 0.3) is 12.3 Å². The number of anilines is 1. The highest BCUT2D eigenvalue weighted by Crippen LogP contribution is 2.20. The number of amides is 1. The smallest absolute Gasteiger partial charge is 0.279 e. The summed E-state index contributed by atoms with van der Waals surface area (Å²) < 4.78 is 25.5. The van der Waals surface area contributed by atoms with Crippen molar-refractivity contribution in [3.8, 4) is 0 Å². The van der Waals surface area contributed by atoms with Gasteiger partial charge in [-0.15, -0.1) is 0 Å². The number of carbonyl (C=O) groups excluding carboxylic acids is 1. The Kier molecular flexibility index (Phi) is 6.23. The van der Waals surface area contributed by atoms with Crippen LogP contribution in [0, 0.1) is 0 Å². The second-order valence-corrected chi connectivity index (χ2v) is 6.41. The maximum absolute atomic E-state index is 12.7. The molecular formula is C18H13Cl2F2N5O. The predicted octanol–water partition coefficient (Wildman–Crippen LogP) is 5.18. The normalized spacial score (nSPS) is 11.5. The number of hydrogen-bond acceptors (Lipinski definition) is 3. The van der Waals surface area contributed by atoms with Gasteiger partial charge in [-0.3, -0.25) is 15.2 Å². The monoisotopic (exact) mass is 423 g/mol. The van der Waals surface area contributed by atoms with Crippen LogP contribution in [0.3, 0.4) is 0 Å². The molecule has 6 nitrogen and oxygen atoms in total. The molecule has 3 N–H and O–H groups in total. The molecule has 0 radical (unpaired) electrons. The Bertz CT molecular complexity index is 988. The van der Waals surface area contributed by atoms with E-state index in [9.17, 15) is 13.6 Å². The first kappa shape index (κ1) is 19.8. The first-order valence-electron chi connectivity index (χ1n) is 7.92. The molecular weight excluding hydrogens is 411 g/mol. The van der Waals surface area contributed by atoms with Gasteiger partial charge in [-0.05, 0) is 48.5 Å². The topological polar surface area (TPSA) is 82.2 Å².